The molecule has 0 N–H and O–H groups in total. The maximum Gasteiger partial charge on any atom is 0.167 e. The molecule has 0 unspecified atom stereocenters. The largest absolute Gasteiger partial charge is 0.455 e. The summed E-state index contributed by atoms with van der Waals surface area (Å²) in [6, 6.07) is 65.6. The normalized spacial score (nSPS) is 11.9. The molecule has 0 spiro atoms. The molecule has 0 saturated heterocycles. The van der Waals surface area contributed by atoms with Crippen molar-refractivity contribution in [2.45, 2.75) is 0 Å². The molecule has 57 heavy (non-hydrogen) atoms. The van der Waals surface area contributed by atoms with E-state index in [9.17, 15) is 0 Å². The second-order valence-electron chi connectivity index (χ2n) is 14.4. The van der Waals surface area contributed by atoms with Crippen LogP contribution < -0.4 is 0 Å². The number of para-hydroxylation sites is 5. The molecule has 0 saturated carbocycles. The summed E-state index contributed by atoms with van der Waals surface area (Å²) < 4.78 is 11.3. The minimum Gasteiger partial charge on any atom is -0.455 e. The standard InChI is InChI=1S/C51H31N5O/c1-3-14-32(15-4-1)49-52-50(54-51(53-49)42-22-13-21-41-38-20-9-12-25-45(38)57-48(41)42)33-26-28-35(29-27-33)56-44-24-11-8-19-37(44)40-31-30-39-36-18-7-10-23-43(36)55(46(39)47(40)56)34-16-5-2-6-17-34/h1-31H. The monoisotopic (exact) mass is 729 g/mol. The maximum absolute atomic E-state index is 6.44. The Balaban J connectivity index is 1.07. The predicted octanol–water partition coefficient (Wildman–Crippen LogP) is 13.0. The van der Waals surface area contributed by atoms with Crippen LogP contribution in [0.4, 0.5) is 0 Å². The molecular weight excluding hydrogens is 699 g/mol. The van der Waals surface area contributed by atoms with Gasteiger partial charge < -0.3 is 13.6 Å². The molecule has 12 aromatic rings. The Labute approximate surface area is 326 Å². The molecule has 0 aliphatic carbocycles. The van der Waals surface area contributed by atoms with Crippen LogP contribution >= 0.6 is 0 Å². The van der Waals surface area contributed by atoms with Crippen molar-refractivity contribution in [3.05, 3.63) is 188 Å². The van der Waals surface area contributed by atoms with Crippen molar-refractivity contribution >= 4 is 65.6 Å². The summed E-state index contributed by atoms with van der Waals surface area (Å²) in [6.07, 6.45) is 0. The summed E-state index contributed by atoms with van der Waals surface area (Å²) in [5.74, 6) is 1.75. The minimum atomic E-state index is 0.561. The van der Waals surface area contributed by atoms with Crippen molar-refractivity contribution in [2.75, 3.05) is 0 Å². The van der Waals surface area contributed by atoms with Crippen molar-refractivity contribution in [3.8, 4) is 45.5 Å². The van der Waals surface area contributed by atoms with Gasteiger partial charge in [0, 0.05) is 54.8 Å². The topological polar surface area (TPSA) is 61.7 Å². The van der Waals surface area contributed by atoms with Crippen LogP contribution in [0, 0.1) is 0 Å². The van der Waals surface area contributed by atoms with Gasteiger partial charge in [0.05, 0.1) is 27.6 Å². The fourth-order valence-electron chi connectivity index (χ4n) is 8.64. The van der Waals surface area contributed by atoms with Gasteiger partial charge in [-0.1, -0.05) is 127 Å². The SMILES string of the molecule is c1ccc(-c2nc(-c3ccc(-n4c5ccccc5c5ccc6c7ccccc7n(-c7ccccc7)c6c54)cc3)nc(-c3cccc4c3oc3ccccc34)n2)cc1. The highest BCUT2D eigenvalue weighted by atomic mass is 16.3. The molecule has 0 radical (unpaired) electrons. The predicted molar refractivity (Wildman–Crippen MR) is 232 cm³/mol. The first-order valence-corrected chi connectivity index (χ1v) is 19.1. The van der Waals surface area contributed by atoms with E-state index in [0.717, 1.165) is 61.0 Å². The molecule has 0 bridgehead atoms. The number of aromatic nitrogens is 5. The summed E-state index contributed by atoms with van der Waals surface area (Å²) in [7, 11) is 0. The quantitative estimate of drug-likeness (QED) is 0.177. The molecule has 6 heteroatoms. The Bertz CT molecular complexity index is 3510. The Morgan fingerprint density at radius 2 is 0.825 bits per heavy atom. The average molecular weight is 730 g/mol. The highest BCUT2D eigenvalue weighted by Gasteiger charge is 2.22. The van der Waals surface area contributed by atoms with Gasteiger partial charge in [-0.05, 0) is 60.7 Å². The van der Waals surface area contributed by atoms with Gasteiger partial charge >= 0.3 is 0 Å². The zero-order valence-electron chi connectivity index (χ0n) is 30.5. The first-order chi connectivity index (χ1) is 28.3. The molecule has 12 rings (SSSR count). The molecule has 266 valence electrons. The van der Waals surface area contributed by atoms with E-state index in [1.54, 1.807) is 0 Å². The molecular formula is C51H31N5O. The van der Waals surface area contributed by atoms with E-state index in [-0.39, 0.29) is 0 Å². The molecule has 4 heterocycles. The van der Waals surface area contributed by atoms with Crippen LogP contribution in [0.5, 0.6) is 0 Å². The third-order valence-corrected chi connectivity index (χ3v) is 11.2. The lowest BCUT2D eigenvalue weighted by Gasteiger charge is -2.13. The van der Waals surface area contributed by atoms with E-state index in [1.807, 2.05) is 60.7 Å². The van der Waals surface area contributed by atoms with Crippen molar-refractivity contribution in [2.24, 2.45) is 0 Å². The van der Waals surface area contributed by atoms with Crippen molar-refractivity contribution in [1.29, 1.82) is 0 Å². The number of benzene rings is 8. The fraction of sp³-hybridized carbons (Fsp3) is 0. The fourth-order valence-corrected chi connectivity index (χ4v) is 8.64. The van der Waals surface area contributed by atoms with Gasteiger partial charge in [-0.15, -0.1) is 0 Å². The Morgan fingerprint density at radius 1 is 0.333 bits per heavy atom. The molecule has 0 fully saturated rings. The summed E-state index contributed by atoms with van der Waals surface area (Å²) in [6.45, 7) is 0. The zero-order valence-corrected chi connectivity index (χ0v) is 30.5. The van der Waals surface area contributed by atoms with Crippen LogP contribution in [0.1, 0.15) is 0 Å². The van der Waals surface area contributed by atoms with E-state index in [2.05, 4.69) is 137 Å². The van der Waals surface area contributed by atoms with Crippen LogP contribution in [0.25, 0.3) is 111 Å². The average Bonchev–Trinajstić information content (AvgIpc) is 3.95. The van der Waals surface area contributed by atoms with Crippen molar-refractivity contribution in [1.82, 2.24) is 24.1 Å². The third kappa shape index (κ3) is 4.81. The van der Waals surface area contributed by atoms with E-state index in [0.29, 0.717) is 17.5 Å². The van der Waals surface area contributed by atoms with Crippen LogP contribution in [-0.2, 0) is 0 Å². The number of hydrogen-bond acceptors (Lipinski definition) is 4. The lowest BCUT2D eigenvalue weighted by atomic mass is 10.1. The van der Waals surface area contributed by atoms with Crippen molar-refractivity contribution in [3.63, 3.8) is 0 Å². The third-order valence-electron chi connectivity index (χ3n) is 11.2. The van der Waals surface area contributed by atoms with E-state index in [1.165, 1.54) is 32.6 Å². The molecule has 8 aromatic carbocycles. The van der Waals surface area contributed by atoms with E-state index in [4.69, 9.17) is 19.4 Å². The second-order valence-corrected chi connectivity index (χ2v) is 14.4. The minimum absolute atomic E-state index is 0.561. The zero-order chi connectivity index (χ0) is 37.5. The molecule has 6 nitrogen and oxygen atoms in total. The maximum atomic E-state index is 6.44. The number of furan rings is 1. The lowest BCUT2D eigenvalue weighted by molar-refractivity contribution is 0.669. The molecule has 0 aliphatic rings. The Hall–Kier alpha value is -7.83. The molecule has 4 aromatic heterocycles. The van der Waals surface area contributed by atoms with Gasteiger partial charge in [-0.2, -0.15) is 0 Å². The first kappa shape index (κ1) is 31.5. The Kier molecular flexibility index (Phi) is 6.83. The van der Waals surface area contributed by atoms with E-state index < -0.39 is 0 Å². The summed E-state index contributed by atoms with van der Waals surface area (Å²) in [4.78, 5) is 15.2. The van der Waals surface area contributed by atoms with Gasteiger partial charge in [0.1, 0.15) is 11.2 Å². The molecule has 0 amide bonds. The smallest absolute Gasteiger partial charge is 0.167 e. The summed E-state index contributed by atoms with van der Waals surface area (Å²) in [5.41, 5.74) is 11.1. The highest BCUT2D eigenvalue weighted by molar-refractivity contribution is 6.23. The lowest BCUT2D eigenvalue weighted by Crippen LogP contribution is -2.01. The van der Waals surface area contributed by atoms with Crippen LogP contribution in [0.15, 0.2) is 192 Å². The van der Waals surface area contributed by atoms with Crippen LogP contribution in [-0.4, -0.2) is 24.1 Å². The number of fused-ring (bicyclic) bond motifs is 10. The van der Waals surface area contributed by atoms with Gasteiger partial charge in [0.2, 0.25) is 0 Å². The second kappa shape index (κ2) is 12.3. The van der Waals surface area contributed by atoms with E-state index >= 15 is 0 Å². The van der Waals surface area contributed by atoms with Gasteiger partial charge in [0.15, 0.2) is 17.5 Å². The number of nitrogens with zero attached hydrogens (tertiary/aromatic N) is 5. The highest BCUT2D eigenvalue weighted by Crippen LogP contribution is 2.42. The first-order valence-electron chi connectivity index (χ1n) is 19.1. The Morgan fingerprint density at radius 3 is 1.47 bits per heavy atom. The van der Waals surface area contributed by atoms with Crippen molar-refractivity contribution < 1.29 is 4.42 Å². The summed E-state index contributed by atoms with van der Waals surface area (Å²) in [5, 5.41) is 6.95. The number of hydrogen-bond donors (Lipinski definition) is 0. The molecule has 0 atom stereocenters. The van der Waals surface area contributed by atoms with Gasteiger partial charge in [-0.25, -0.2) is 15.0 Å². The summed E-state index contributed by atoms with van der Waals surface area (Å²) >= 11 is 0. The molecule has 0 aliphatic heterocycles. The van der Waals surface area contributed by atoms with Crippen LogP contribution in [0.2, 0.25) is 0 Å². The van der Waals surface area contributed by atoms with Gasteiger partial charge in [0.25, 0.3) is 0 Å². The number of rotatable bonds is 5. The van der Waals surface area contributed by atoms with Crippen LogP contribution in [0.3, 0.4) is 0 Å². The van der Waals surface area contributed by atoms with Gasteiger partial charge in [-0.3, -0.25) is 0 Å².